The highest BCUT2D eigenvalue weighted by Crippen LogP contribution is 2.35. The van der Waals surface area contributed by atoms with Crippen molar-refractivity contribution in [2.75, 3.05) is 31.3 Å². The Morgan fingerprint density at radius 3 is 2.56 bits per heavy atom. The highest BCUT2D eigenvalue weighted by molar-refractivity contribution is 7.99. The lowest BCUT2D eigenvalue weighted by atomic mass is 10.2. The minimum Gasteiger partial charge on any atom is -0.375 e. The van der Waals surface area contributed by atoms with Gasteiger partial charge in [-0.2, -0.15) is 8.42 Å². The molecule has 0 spiro atoms. The Labute approximate surface area is 164 Å². The van der Waals surface area contributed by atoms with Crippen LogP contribution >= 0.6 is 11.8 Å². The van der Waals surface area contributed by atoms with Crippen LogP contribution < -0.4 is 10.6 Å². The van der Waals surface area contributed by atoms with Gasteiger partial charge in [-0.3, -0.25) is 8.98 Å². The number of aryl methyl sites for hydroxylation is 2. The number of carbonyl (C=O) groups excluding carboxylic acids is 1. The van der Waals surface area contributed by atoms with Crippen molar-refractivity contribution in [3.63, 3.8) is 0 Å². The van der Waals surface area contributed by atoms with Gasteiger partial charge in [-0.1, -0.05) is 41.6 Å². The smallest absolute Gasteiger partial charge is 0.264 e. The van der Waals surface area contributed by atoms with Crippen molar-refractivity contribution in [1.29, 1.82) is 0 Å². The summed E-state index contributed by atoms with van der Waals surface area (Å²) in [6.07, 6.45) is 0.973. The maximum absolute atomic E-state index is 11.9. The summed E-state index contributed by atoms with van der Waals surface area (Å²) in [4.78, 5) is 14.1. The standard InChI is InChI=1S/C19H24N2O4S2/c1-14-8-9-17(15(2)12-14)26-18-7-5-4-6-16(18)21-13-19(22)20-10-11-25-27(3,23)24/h4-9,12,21H,10-11,13H2,1-3H3,(H,20,22). The molecule has 0 saturated carbocycles. The minimum atomic E-state index is -3.49. The van der Waals surface area contributed by atoms with E-state index in [9.17, 15) is 13.2 Å². The summed E-state index contributed by atoms with van der Waals surface area (Å²) in [5, 5.41) is 5.74. The zero-order valence-electron chi connectivity index (χ0n) is 15.6. The van der Waals surface area contributed by atoms with E-state index in [0.717, 1.165) is 21.7 Å². The number of hydrogen-bond acceptors (Lipinski definition) is 6. The summed E-state index contributed by atoms with van der Waals surface area (Å²) < 4.78 is 26.3. The molecule has 146 valence electrons. The molecule has 8 heteroatoms. The van der Waals surface area contributed by atoms with Crippen LogP contribution in [0, 0.1) is 13.8 Å². The van der Waals surface area contributed by atoms with Gasteiger partial charge in [0.1, 0.15) is 0 Å². The molecule has 0 aliphatic carbocycles. The highest BCUT2D eigenvalue weighted by Gasteiger charge is 2.08. The van der Waals surface area contributed by atoms with Gasteiger partial charge in [-0.05, 0) is 37.6 Å². The van der Waals surface area contributed by atoms with Gasteiger partial charge in [0, 0.05) is 22.0 Å². The van der Waals surface area contributed by atoms with Gasteiger partial charge in [0.25, 0.3) is 10.1 Å². The molecule has 2 N–H and O–H groups in total. The van der Waals surface area contributed by atoms with E-state index < -0.39 is 10.1 Å². The van der Waals surface area contributed by atoms with Crippen LogP contribution in [0.5, 0.6) is 0 Å². The monoisotopic (exact) mass is 408 g/mol. The lowest BCUT2D eigenvalue weighted by Crippen LogP contribution is -2.32. The first kappa shape index (κ1) is 21.3. The minimum absolute atomic E-state index is 0.0796. The van der Waals surface area contributed by atoms with Crippen molar-refractivity contribution in [3.8, 4) is 0 Å². The van der Waals surface area contributed by atoms with E-state index in [-0.39, 0.29) is 25.6 Å². The number of rotatable bonds is 9. The van der Waals surface area contributed by atoms with Crippen molar-refractivity contribution in [2.45, 2.75) is 23.6 Å². The van der Waals surface area contributed by atoms with E-state index in [1.165, 1.54) is 11.1 Å². The molecule has 0 bridgehead atoms. The first-order valence-electron chi connectivity index (χ1n) is 8.44. The van der Waals surface area contributed by atoms with Gasteiger partial charge in [0.05, 0.1) is 19.4 Å². The topological polar surface area (TPSA) is 84.5 Å². The normalized spacial score (nSPS) is 11.2. The van der Waals surface area contributed by atoms with E-state index in [2.05, 4.69) is 46.9 Å². The van der Waals surface area contributed by atoms with Crippen LogP contribution in [0.3, 0.4) is 0 Å². The van der Waals surface area contributed by atoms with Gasteiger partial charge < -0.3 is 10.6 Å². The molecule has 0 atom stereocenters. The molecule has 27 heavy (non-hydrogen) atoms. The number of hydrogen-bond donors (Lipinski definition) is 2. The molecule has 0 unspecified atom stereocenters. The van der Waals surface area contributed by atoms with E-state index in [1.807, 2.05) is 24.3 Å². The van der Waals surface area contributed by atoms with Crippen LogP contribution in [-0.4, -0.2) is 40.3 Å². The molecule has 6 nitrogen and oxygen atoms in total. The van der Waals surface area contributed by atoms with Gasteiger partial charge in [0.15, 0.2) is 0 Å². The van der Waals surface area contributed by atoms with Crippen LogP contribution in [0.25, 0.3) is 0 Å². The Balaban J connectivity index is 1.91. The number of carbonyl (C=O) groups is 1. The lowest BCUT2D eigenvalue weighted by molar-refractivity contribution is -0.119. The zero-order chi connectivity index (χ0) is 19.9. The summed E-state index contributed by atoms with van der Waals surface area (Å²) in [6, 6.07) is 14.1. The Hall–Kier alpha value is -2.03. The third kappa shape index (κ3) is 7.62. The molecule has 1 amide bonds. The average molecular weight is 409 g/mol. The fourth-order valence-electron chi connectivity index (χ4n) is 2.36. The van der Waals surface area contributed by atoms with Crippen LogP contribution in [-0.2, 0) is 19.1 Å². The number of nitrogens with one attached hydrogen (secondary N) is 2. The highest BCUT2D eigenvalue weighted by atomic mass is 32.2. The van der Waals surface area contributed by atoms with Gasteiger partial charge in [-0.15, -0.1) is 0 Å². The summed E-state index contributed by atoms with van der Waals surface area (Å²) in [6.45, 7) is 4.29. The van der Waals surface area contributed by atoms with Crippen molar-refractivity contribution in [3.05, 3.63) is 53.6 Å². The molecule has 0 saturated heterocycles. The maximum Gasteiger partial charge on any atom is 0.264 e. The molecule has 2 rings (SSSR count). The van der Waals surface area contributed by atoms with Crippen molar-refractivity contribution in [2.24, 2.45) is 0 Å². The third-order valence-corrected chi connectivity index (χ3v) is 5.45. The molecule has 2 aromatic carbocycles. The lowest BCUT2D eigenvalue weighted by Gasteiger charge is -2.13. The summed E-state index contributed by atoms with van der Waals surface area (Å²) >= 11 is 1.64. The van der Waals surface area contributed by atoms with Gasteiger partial charge >= 0.3 is 0 Å². The van der Waals surface area contributed by atoms with E-state index in [4.69, 9.17) is 0 Å². The average Bonchev–Trinajstić information content (AvgIpc) is 2.59. The Morgan fingerprint density at radius 2 is 1.85 bits per heavy atom. The van der Waals surface area contributed by atoms with Gasteiger partial charge in [-0.25, -0.2) is 0 Å². The molecular formula is C19H24N2O4S2. The SMILES string of the molecule is Cc1ccc(Sc2ccccc2NCC(=O)NCCOS(C)(=O)=O)c(C)c1. The van der Waals surface area contributed by atoms with Crippen LogP contribution in [0.15, 0.2) is 52.3 Å². The van der Waals surface area contributed by atoms with Crippen molar-refractivity contribution in [1.82, 2.24) is 5.32 Å². The van der Waals surface area contributed by atoms with E-state index in [0.29, 0.717) is 0 Å². The predicted octanol–water partition coefficient (Wildman–Crippen LogP) is 2.96. The second kappa shape index (κ2) is 9.77. The summed E-state index contributed by atoms with van der Waals surface area (Å²) in [7, 11) is -3.49. The largest absolute Gasteiger partial charge is 0.375 e. The van der Waals surface area contributed by atoms with Gasteiger partial charge in [0.2, 0.25) is 5.91 Å². The Morgan fingerprint density at radius 1 is 1.11 bits per heavy atom. The maximum atomic E-state index is 11.9. The zero-order valence-corrected chi connectivity index (χ0v) is 17.2. The molecular weight excluding hydrogens is 384 g/mol. The van der Waals surface area contributed by atoms with Crippen molar-refractivity contribution >= 4 is 33.5 Å². The summed E-state index contributed by atoms with van der Waals surface area (Å²) in [5.74, 6) is -0.238. The quantitative estimate of drug-likeness (QED) is 0.490. The van der Waals surface area contributed by atoms with Crippen molar-refractivity contribution < 1.29 is 17.4 Å². The molecule has 0 radical (unpaired) electrons. The fraction of sp³-hybridized carbons (Fsp3) is 0.316. The second-order valence-corrected chi connectivity index (χ2v) is 8.82. The van der Waals surface area contributed by atoms with E-state index >= 15 is 0 Å². The van der Waals surface area contributed by atoms with E-state index in [1.54, 1.807) is 11.8 Å². The second-order valence-electron chi connectivity index (χ2n) is 6.10. The number of anilines is 1. The molecule has 0 aliphatic heterocycles. The Kier molecular flexibility index (Phi) is 7.70. The summed E-state index contributed by atoms with van der Waals surface area (Å²) in [5.41, 5.74) is 3.29. The molecule has 2 aromatic rings. The molecule has 0 fully saturated rings. The molecule has 0 heterocycles. The third-order valence-electron chi connectivity index (χ3n) is 3.60. The molecule has 0 aliphatic rings. The van der Waals surface area contributed by atoms with Crippen LogP contribution in [0.4, 0.5) is 5.69 Å². The first-order valence-corrected chi connectivity index (χ1v) is 11.1. The fourth-order valence-corrected chi connectivity index (χ4v) is 3.73. The van der Waals surface area contributed by atoms with Crippen LogP contribution in [0.1, 0.15) is 11.1 Å². The predicted molar refractivity (Wildman–Crippen MR) is 109 cm³/mol. The number of benzene rings is 2. The van der Waals surface area contributed by atoms with Crippen LogP contribution in [0.2, 0.25) is 0 Å². The number of amides is 1. The first-order chi connectivity index (χ1) is 12.7. The number of para-hydroxylation sites is 1. The Bertz CT molecular complexity index is 898. The molecule has 0 aromatic heterocycles.